The van der Waals surface area contributed by atoms with E-state index in [1.807, 2.05) is 21.1 Å². The van der Waals surface area contributed by atoms with E-state index in [0.717, 1.165) is 57.8 Å². The lowest BCUT2D eigenvalue weighted by Gasteiger charge is -2.28. The van der Waals surface area contributed by atoms with Gasteiger partial charge in [0.2, 0.25) is 0 Å². The van der Waals surface area contributed by atoms with Crippen molar-refractivity contribution >= 4 is 19.8 Å². The van der Waals surface area contributed by atoms with Gasteiger partial charge in [-0.2, -0.15) is 0 Å². The van der Waals surface area contributed by atoms with Crippen LogP contribution in [0.5, 0.6) is 0 Å². The lowest BCUT2D eigenvalue weighted by molar-refractivity contribution is -0.870. The van der Waals surface area contributed by atoms with Gasteiger partial charge in [0.15, 0.2) is 6.10 Å². The van der Waals surface area contributed by atoms with Crippen LogP contribution in [0.4, 0.5) is 0 Å². The number of allylic oxidation sites excluding steroid dienone is 6. The van der Waals surface area contributed by atoms with Gasteiger partial charge in [-0.05, 0) is 51.4 Å². The van der Waals surface area contributed by atoms with Gasteiger partial charge in [0.05, 0.1) is 27.7 Å². The average molecular weight is 854 g/mol. The first-order chi connectivity index (χ1) is 28.5. The normalized spacial score (nSPS) is 13.8. The van der Waals surface area contributed by atoms with Gasteiger partial charge >= 0.3 is 11.9 Å². The Morgan fingerprint density at radius 2 is 0.915 bits per heavy atom. The number of hydrogen-bond acceptors (Lipinski definition) is 8. The first-order valence-corrected chi connectivity index (χ1v) is 25.7. The molecule has 0 amide bonds. The molecule has 346 valence electrons. The Balaban J connectivity index is 4.26. The number of unbranched alkanes of at least 4 members (excludes halogenated alkanes) is 24. The minimum absolute atomic E-state index is 0.0316. The van der Waals surface area contributed by atoms with E-state index in [0.29, 0.717) is 17.4 Å². The largest absolute Gasteiger partial charge is 0.756 e. The maximum absolute atomic E-state index is 12.7. The number of carbonyl (C=O) groups is 2. The van der Waals surface area contributed by atoms with E-state index in [-0.39, 0.29) is 32.0 Å². The molecular weight excluding hydrogens is 762 g/mol. The number of esters is 2. The van der Waals surface area contributed by atoms with E-state index in [1.54, 1.807) is 0 Å². The van der Waals surface area contributed by atoms with Crippen LogP contribution >= 0.6 is 7.82 Å². The molecule has 0 saturated carbocycles. The molecule has 0 N–H and O–H groups in total. The summed E-state index contributed by atoms with van der Waals surface area (Å²) in [7, 11) is 1.16. The van der Waals surface area contributed by atoms with E-state index in [9.17, 15) is 19.0 Å². The maximum Gasteiger partial charge on any atom is 0.306 e. The fourth-order valence-corrected chi connectivity index (χ4v) is 7.33. The van der Waals surface area contributed by atoms with E-state index in [1.165, 1.54) is 122 Å². The minimum atomic E-state index is -4.63. The topological polar surface area (TPSA) is 111 Å². The van der Waals surface area contributed by atoms with E-state index in [2.05, 4.69) is 50.3 Å². The van der Waals surface area contributed by atoms with Crippen molar-refractivity contribution in [3.05, 3.63) is 36.5 Å². The van der Waals surface area contributed by atoms with Crippen molar-refractivity contribution in [2.45, 2.75) is 219 Å². The van der Waals surface area contributed by atoms with Crippen molar-refractivity contribution in [2.75, 3.05) is 47.5 Å². The second-order valence-electron chi connectivity index (χ2n) is 17.5. The first-order valence-electron chi connectivity index (χ1n) is 24.2. The van der Waals surface area contributed by atoms with Crippen molar-refractivity contribution in [1.29, 1.82) is 0 Å². The Morgan fingerprint density at radius 3 is 1.36 bits per heavy atom. The zero-order valence-electron chi connectivity index (χ0n) is 39.0. The van der Waals surface area contributed by atoms with Gasteiger partial charge in [0.1, 0.15) is 19.8 Å². The summed E-state index contributed by atoms with van der Waals surface area (Å²) < 4.78 is 33.9. The number of nitrogens with zero attached hydrogens (tertiary/aromatic N) is 1. The van der Waals surface area contributed by atoms with Crippen molar-refractivity contribution in [2.24, 2.45) is 0 Å². The Labute approximate surface area is 363 Å². The van der Waals surface area contributed by atoms with Gasteiger partial charge in [0, 0.05) is 12.8 Å². The average Bonchev–Trinajstić information content (AvgIpc) is 3.19. The quantitative estimate of drug-likeness (QED) is 0.0196. The molecule has 59 heavy (non-hydrogen) atoms. The van der Waals surface area contributed by atoms with Crippen LogP contribution in [-0.2, 0) is 32.7 Å². The Morgan fingerprint density at radius 1 is 0.525 bits per heavy atom. The molecule has 0 aromatic rings. The highest BCUT2D eigenvalue weighted by atomic mass is 31.2. The molecule has 10 heteroatoms. The molecule has 0 aliphatic rings. The van der Waals surface area contributed by atoms with Crippen molar-refractivity contribution in [3.63, 3.8) is 0 Å². The van der Waals surface area contributed by atoms with Gasteiger partial charge in [-0.25, -0.2) is 0 Å². The highest BCUT2D eigenvalue weighted by Gasteiger charge is 2.21. The standard InChI is InChI=1S/C49H92NO8P/c1-6-8-10-12-14-16-18-20-21-22-23-24-25-26-27-28-29-30-32-34-36-38-40-42-49(52)58-47(46-57-59(53,54)56-44-43-50(3,4)5)45-55-48(51)41-39-37-35-33-31-19-17-15-13-11-9-7-2/h18,20,22-23,25-26,47H,6-17,19,21,24,27-46H2,1-5H3/b20-18-,23-22-,26-25-. The lowest BCUT2D eigenvalue weighted by atomic mass is 10.0. The number of likely N-dealkylation sites (N-methyl/N-ethyl adjacent to an activating group) is 1. The number of carbonyl (C=O) groups excluding carboxylic acids is 2. The molecule has 0 aliphatic heterocycles. The fraction of sp³-hybridized carbons (Fsp3) is 0.837. The zero-order valence-corrected chi connectivity index (χ0v) is 39.8. The van der Waals surface area contributed by atoms with Crippen LogP contribution in [0.25, 0.3) is 0 Å². The molecule has 9 nitrogen and oxygen atoms in total. The van der Waals surface area contributed by atoms with Crippen molar-refractivity contribution in [1.82, 2.24) is 0 Å². The predicted octanol–water partition coefficient (Wildman–Crippen LogP) is 13.5. The number of phosphoric acid groups is 1. The molecule has 0 bridgehead atoms. The van der Waals surface area contributed by atoms with Gasteiger partial charge in [-0.1, -0.05) is 185 Å². The summed E-state index contributed by atoms with van der Waals surface area (Å²) in [6.07, 6.45) is 47.4. The number of quaternary nitrogens is 1. The molecule has 0 aliphatic carbocycles. The fourth-order valence-electron chi connectivity index (χ4n) is 6.60. The second-order valence-corrected chi connectivity index (χ2v) is 18.9. The number of phosphoric ester groups is 1. The highest BCUT2D eigenvalue weighted by molar-refractivity contribution is 7.45. The van der Waals surface area contributed by atoms with Crippen LogP contribution < -0.4 is 4.89 Å². The van der Waals surface area contributed by atoms with E-state index >= 15 is 0 Å². The molecule has 0 spiro atoms. The molecule has 0 saturated heterocycles. The molecule has 0 heterocycles. The van der Waals surface area contributed by atoms with E-state index < -0.39 is 26.5 Å². The van der Waals surface area contributed by atoms with Crippen LogP contribution in [0.15, 0.2) is 36.5 Å². The van der Waals surface area contributed by atoms with Gasteiger partial charge in [-0.3, -0.25) is 14.2 Å². The summed E-state index contributed by atoms with van der Waals surface area (Å²) in [6.45, 7) is 4.22. The second kappa shape index (κ2) is 41.6. The molecule has 0 aromatic heterocycles. The van der Waals surface area contributed by atoms with Crippen LogP contribution in [-0.4, -0.2) is 70.0 Å². The number of hydrogen-bond donors (Lipinski definition) is 0. The molecule has 0 rings (SSSR count). The smallest absolute Gasteiger partial charge is 0.306 e. The summed E-state index contributed by atoms with van der Waals surface area (Å²) in [5.74, 6) is -0.837. The zero-order chi connectivity index (χ0) is 43.6. The maximum atomic E-state index is 12.7. The summed E-state index contributed by atoms with van der Waals surface area (Å²) in [5, 5.41) is 0. The third-order valence-electron chi connectivity index (χ3n) is 10.4. The third-order valence-corrected chi connectivity index (χ3v) is 11.4. The summed E-state index contributed by atoms with van der Waals surface area (Å²) in [4.78, 5) is 37.6. The number of ether oxygens (including phenoxy) is 2. The minimum Gasteiger partial charge on any atom is -0.756 e. The Bertz CT molecular complexity index is 1100. The van der Waals surface area contributed by atoms with Crippen LogP contribution in [0.2, 0.25) is 0 Å². The van der Waals surface area contributed by atoms with Crippen molar-refractivity contribution < 1.29 is 42.1 Å². The molecule has 0 fully saturated rings. The van der Waals surface area contributed by atoms with Crippen molar-refractivity contribution in [3.8, 4) is 0 Å². The Kier molecular flexibility index (Phi) is 40.3. The summed E-state index contributed by atoms with van der Waals surface area (Å²) in [6, 6.07) is 0. The first kappa shape index (κ1) is 57.2. The monoisotopic (exact) mass is 854 g/mol. The van der Waals surface area contributed by atoms with Crippen LogP contribution in [0.1, 0.15) is 213 Å². The predicted molar refractivity (Wildman–Crippen MR) is 245 cm³/mol. The van der Waals surface area contributed by atoms with Gasteiger partial charge < -0.3 is 27.9 Å². The van der Waals surface area contributed by atoms with Crippen LogP contribution in [0.3, 0.4) is 0 Å². The van der Waals surface area contributed by atoms with E-state index in [4.69, 9.17) is 18.5 Å². The molecule has 0 aromatic carbocycles. The summed E-state index contributed by atoms with van der Waals surface area (Å²) >= 11 is 0. The molecular formula is C49H92NO8P. The van der Waals surface area contributed by atoms with Crippen LogP contribution in [0, 0.1) is 0 Å². The molecule has 0 radical (unpaired) electrons. The molecule has 2 atom stereocenters. The molecule has 2 unspecified atom stereocenters. The summed E-state index contributed by atoms with van der Waals surface area (Å²) in [5.41, 5.74) is 0. The highest BCUT2D eigenvalue weighted by Crippen LogP contribution is 2.38. The number of rotatable bonds is 44. The SMILES string of the molecule is CCCCCCC/C=C\C/C=C\C/C=C\CCCCCCCCCCC(=O)OC(COC(=O)CCCCCCCCCCCCCC)COP(=O)([O-])OCC[N+](C)(C)C. The third kappa shape index (κ3) is 45.6. The van der Waals surface area contributed by atoms with Gasteiger partial charge in [0.25, 0.3) is 7.82 Å². The Hall–Kier alpha value is -1.77. The lowest BCUT2D eigenvalue weighted by Crippen LogP contribution is -2.37. The van der Waals surface area contributed by atoms with Gasteiger partial charge in [-0.15, -0.1) is 0 Å².